The molecule has 0 aromatic carbocycles. The van der Waals surface area contributed by atoms with Gasteiger partial charge in [-0.15, -0.1) is 5.10 Å². The number of aromatic nitrogens is 3. The molecule has 0 aliphatic carbocycles. The van der Waals surface area contributed by atoms with Crippen molar-refractivity contribution < 1.29 is 4.79 Å². The monoisotopic (exact) mass is 197 g/mol. The minimum absolute atomic E-state index is 0.182. The second-order valence-electron chi connectivity index (χ2n) is 3.01. The molecule has 0 aliphatic rings. The van der Waals surface area contributed by atoms with E-state index in [0.29, 0.717) is 12.5 Å². The average Bonchev–Trinajstić information content (AvgIpc) is 2.60. The fourth-order valence-electron chi connectivity index (χ4n) is 0.923. The molecule has 1 aromatic heterocycles. The normalized spacial score (nSPS) is 9.93. The van der Waals surface area contributed by atoms with E-state index in [1.165, 1.54) is 4.90 Å². The Morgan fingerprint density at radius 1 is 1.71 bits per heavy atom. The molecule has 0 fully saturated rings. The molecule has 1 heterocycles. The van der Waals surface area contributed by atoms with Crippen LogP contribution in [0.25, 0.3) is 0 Å². The third-order valence-electron chi connectivity index (χ3n) is 1.72. The van der Waals surface area contributed by atoms with E-state index in [9.17, 15) is 4.79 Å². The molecule has 0 aliphatic heterocycles. The van der Waals surface area contributed by atoms with Gasteiger partial charge in [0.25, 0.3) is 5.95 Å². The van der Waals surface area contributed by atoms with Crippen molar-refractivity contribution in [3.8, 4) is 0 Å². The van der Waals surface area contributed by atoms with E-state index < -0.39 is 0 Å². The Balaban J connectivity index is 2.56. The molecule has 14 heavy (non-hydrogen) atoms. The summed E-state index contributed by atoms with van der Waals surface area (Å²) in [5.41, 5.74) is 0. The Bertz CT molecular complexity index is 308. The lowest BCUT2D eigenvalue weighted by atomic mass is 10.5. The third kappa shape index (κ3) is 2.45. The topological polar surface area (TPSA) is 63.1 Å². The molecule has 78 valence electrons. The smallest absolute Gasteiger partial charge is 0.324 e. The highest BCUT2D eigenvalue weighted by Gasteiger charge is 2.12. The molecule has 1 N–H and O–H groups in total. The van der Waals surface area contributed by atoms with E-state index in [1.54, 1.807) is 25.1 Å². The average molecular weight is 197 g/mol. The van der Waals surface area contributed by atoms with Crippen LogP contribution in [0.15, 0.2) is 6.33 Å². The van der Waals surface area contributed by atoms with Crippen LogP contribution < -0.4 is 10.2 Å². The van der Waals surface area contributed by atoms with Crippen LogP contribution in [0.3, 0.4) is 0 Å². The van der Waals surface area contributed by atoms with Gasteiger partial charge >= 0.3 is 6.03 Å². The fraction of sp³-hybridized carbons (Fsp3) is 0.625. The number of urea groups is 1. The van der Waals surface area contributed by atoms with Crippen molar-refractivity contribution in [2.75, 3.05) is 18.5 Å². The number of aryl methyl sites for hydroxylation is 1. The second-order valence-corrected chi connectivity index (χ2v) is 3.01. The number of hydrogen-bond acceptors (Lipinski definition) is 3. The van der Waals surface area contributed by atoms with Crippen molar-refractivity contribution in [3.05, 3.63) is 6.33 Å². The van der Waals surface area contributed by atoms with Gasteiger partial charge in [-0.25, -0.2) is 9.78 Å². The van der Waals surface area contributed by atoms with Gasteiger partial charge in [-0.3, -0.25) is 9.58 Å². The molecule has 0 saturated heterocycles. The highest BCUT2D eigenvalue weighted by Crippen LogP contribution is 2.01. The maximum Gasteiger partial charge on any atom is 0.324 e. The quantitative estimate of drug-likeness (QED) is 0.761. The molecule has 0 radical (unpaired) electrons. The number of rotatable bonds is 3. The number of amides is 2. The number of nitrogens with zero attached hydrogens (tertiary/aromatic N) is 4. The molecule has 0 saturated carbocycles. The molecule has 6 heteroatoms. The SMILES string of the molecule is CCCNC(=O)N(C)c1ncn(C)n1. The Morgan fingerprint density at radius 2 is 2.43 bits per heavy atom. The Morgan fingerprint density at radius 3 is 2.93 bits per heavy atom. The molecule has 1 aromatic rings. The minimum atomic E-state index is -0.182. The molecule has 0 bridgehead atoms. The predicted molar refractivity (Wildman–Crippen MR) is 53.1 cm³/mol. The van der Waals surface area contributed by atoms with E-state index >= 15 is 0 Å². The van der Waals surface area contributed by atoms with Crippen LogP contribution in [-0.4, -0.2) is 34.4 Å². The standard InChI is InChI=1S/C8H15N5O/c1-4-5-9-8(14)13(3)7-10-6-12(2)11-7/h6H,4-5H2,1-3H3,(H,9,14). The van der Waals surface area contributed by atoms with Crippen molar-refractivity contribution in [1.82, 2.24) is 20.1 Å². The number of anilines is 1. The summed E-state index contributed by atoms with van der Waals surface area (Å²) in [4.78, 5) is 16.8. The zero-order chi connectivity index (χ0) is 10.6. The summed E-state index contributed by atoms with van der Waals surface area (Å²) in [6, 6.07) is -0.182. The van der Waals surface area contributed by atoms with Crippen LogP contribution in [0.5, 0.6) is 0 Å². The van der Waals surface area contributed by atoms with Gasteiger partial charge in [0.1, 0.15) is 6.33 Å². The molecule has 0 unspecified atom stereocenters. The van der Waals surface area contributed by atoms with Gasteiger partial charge in [0.2, 0.25) is 0 Å². The second kappa shape index (κ2) is 4.59. The Kier molecular flexibility index (Phi) is 3.44. The van der Waals surface area contributed by atoms with Crippen LogP contribution in [-0.2, 0) is 7.05 Å². The summed E-state index contributed by atoms with van der Waals surface area (Å²) in [6.45, 7) is 2.66. The maximum absolute atomic E-state index is 11.4. The Labute approximate surface area is 82.9 Å². The third-order valence-corrected chi connectivity index (χ3v) is 1.72. The summed E-state index contributed by atoms with van der Waals surface area (Å²) in [7, 11) is 3.40. The van der Waals surface area contributed by atoms with E-state index in [-0.39, 0.29) is 6.03 Å². The number of carbonyl (C=O) groups is 1. The van der Waals surface area contributed by atoms with E-state index in [2.05, 4.69) is 15.4 Å². The van der Waals surface area contributed by atoms with Crippen LogP contribution in [0, 0.1) is 0 Å². The molecule has 2 amide bonds. The van der Waals surface area contributed by atoms with Gasteiger partial charge in [-0.1, -0.05) is 6.92 Å². The van der Waals surface area contributed by atoms with Gasteiger partial charge in [-0.05, 0) is 6.42 Å². The minimum Gasteiger partial charge on any atom is -0.338 e. The fourth-order valence-corrected chi connectivity index (χ4v) is 0.923. The summed E-state index contributed by atoms with van der Waals surface area (Å²) < 4.78 is 1.55. The van der Waals surface area contributed by atoms with Gasteiger partial charge < -0.3 is 5.32 Å². The van der Waals surface area contributed by atoms with Crippen LogP contribution >= 0.6 is 0 Å². The number of hydrogen-bond donors (Lipinski definition) is 1. The zero-order valence-corrected chi connectivity index (χ0v) is 8.69. The lowest BCUT2D eigenvalue weighted by molar-refractivity contribution is 0.247. The summed E-state index contributed by atoms with van der Waals surface area (Å²) in [5, 5.41) is 6.75. The van der Waals surface area contributed by atoms with Gasteiger partial charge in [0, 0.05) is 20.6 Å². The molecular formula is C8H15N5O. The summed E-state index contributed by atoms with van der Waals surface area (Å²) >= 11 is 0. The van der Waals surface area contributed by atoms with Gasteiger partial charge in [0.15, 0.2) is 0 Å². The van der Waals surface area contributed by atoms with Crippen molar-refractivity contribution in [1.29, 1.82) is 0 Å². The van der Waals surface area contributed by atoms with Crippen molar-refractivity contribution in [2.24, 2.45) is 7.05 Å². The van der Waals surface area contributed by atoms with E-state index in [4.69, 9.17) is 0 Å². The zero-order valence-electron chi connectivity index (χ0n) is 8.69. The van der Waals surface area contributed by atoms with Crippen LogP contribution in [0.2, 0.25) is 0 Å². The highest BCUT2D eigenvalue weighted by atomic mass is 16.2. The number of nitrogens with one attached hydrogen (secondary N) is 1. The van der Waals surface area contributed by atoms with Crippen LogP contribution in [0.4, 0.5) is 10.7 Å². The summed E-state index contributed by atoms with van der Waals surface area (Å²) in [6.07, 6.45) is 2.47. The molecule has 1 rings (SSSR count). The predicted octanol–water partition coefficient (Wildman–Crippen LogP) is 0.371. The van der Waals surface area contributed by atoms with Gasteiger partial charge in [-0.2, -0.15) is 0 Å². The largest absolute Gasteiger partial charge is 0.338 e. The molecule has 0 atom stereocenters. The first kappa shape index (κ1) is 10.5. The molecule has 0 spiro atoms. The van der Waals surface area contributed by atoms with Crippen LogP contribution in [0.1, 0.15) is 13.3 Å². The highest BCUT2D eigenvalue weighted by molar-refractivity contribution is 5.89. The first-order valence-corrected chi connectivity index (χ1v) is 4.52. The maximum atomic E-state index is 11.4. The van der Waals surface area contributed by atoms with Crippen molar-refractivity contribution >= 4 is 12.0 Å². The van der Waals surface area contributed by atoms with E-state index in [0.717, 1.165) is 6.42 Å². The first-order chi connectivity index (χ1) is 6.65. The van der Waals surface area contributed by atoms with E-state index in [1.807, 2.05) is 6.92 Å². The molecule has 6 nitrogen and oxygen atoms in total. The molecular weight excluding hydrogens is 182 g/mol. The van der Waals surface area contributed by atoms with Crippen molar-refractivity contribution in [3.63, 3.8) is 0 Å². The number of carbonyl (C=O) groups excluding carboxylic acids is 1. The first-order valence-electron chi connectivity index (χ1n) is 4.52. The van der Waals surface area contributed by atoms with Gasteiger partial charge in [0.05, 0.1) is 0 Å². The lowest BCUT2D eigenvalue weighted by Crippen LogP contribution is -2.38. The summed E-state index contributed by atoms with van der Waals surface area (Å²) in [5.74, 6) is 0.404. The van der Waals surface area contributed by atoms with Crippen molar-refractivity contribution in [2.45, 2.75) is 13.3 Å². The lowest BCUT2D eigenvalue weighted by Gasteiger charge is -2.13. The Hall–Kier alpha value is -1.59.